The van der Waals surface area contributed by atoms with Crippen molar-refractivity contribution in [3.05, 3.63) is 48.0 Å². The molecule has 0 saturated carbocycles. The molecule has 0 aliphatic carbocycles. The minimum Gasteiger partial charge on any atom is -0.492 e. The van der Waals surface area contributed by atoms with E-state index in [0.29, 0.717) is 19.8 Å². The summed E-state index contributed by atoms with van der Waals surface area (Å²) in [5.74, 6) is 0.530. The Hall–Kier alpha value is -2.14. The molecule has 0 amide bonds. The summed E-state index contributed by atoms with van der Waals surface area (Å²) in [4.78, 5) is 0.0755. The summed E-state index contributed by atoms with van der Waals surface area (Å²) in [5, 5.41) is 0. The van der Waals surface area contributed by atoms with Crippen LogP contribution in [0.5, 0.6) is 5.75 Å². The topological polar surface area (TPSA) is 102 Å². The summed E-state index contributed by atoms with van der Waals surface area (Å²) in [5.41, 5.74) is 1.09. The zero-order valence-electron chi connectivity index (χ0n) is 17.9. The average molecular weight is 469 g/mol. The molecule has 1 N–H and O–H groups in total. The van der Waals surface area contributed by atoms with Gasteiger partial charge in [0.05, 0.1) is 35.3 Å². The molecule has 10 heteroatoms. The van der Waals surface area contributed by atoms with Gasteiger partial charge in [-0.15, -0.1) is 0 Å². The molecule has 0 spiro atoms. The zero-order valence-corrected chi connectivity index (χ0v) is 19.5. The van der Waals surface area contributed by atoms with E-state index in [-0.39, 0.29) is 40.2 Å². The van der Waals surface area contributed by atoms with Crippen LogP contribution in [-0.2, 0) is 24.8 Å². The van der Waals surface area contributed by atoms with Gasteiger partial charge in [-0.3, -0.25) is 4.72 Å². The van der Waals surface area contributed by atoms with Crippen molar-refractivity contribution in [1.82, 2.24) is 4.31 Å². The Morgan fingerprint density at radius 2 is 1.61 bits per heavy atom. The van der Waals surface area contributed by atoms with Gasteiger partial charge in [-0.2, -0.15) is 4.31 Å². The number of nitrogens with one attached hydrogen (secondary N) is 1. The molecule has 1 heterocycles. The summed E-state index contributed by atoms with van der Waals surface area (Å²) < 4.78 is 66.5. The molecule has 2 aromatic rings. The number of hydrogen-bond donors (Lipinski definition) is 1. The highest BCUT2D eigenvalue weighted by Gasteiger charge is 2.28. The number of sulfonamides is 2. The molecule has 3 rings (SSSR count). The minimum atomic E-state index is -3.94. The molecule has 1 fully saturated rings. The van der Waals surface area contributed by atoms with Crippen molar-refractivity contribution >= 4 is 25.7 Å². The summed E-state index contributed by atoms with van der Waals surface area (Å²) in [6, 6.07) is 10.8. The Bertz CT molecular complexity index is 1110. The van der Waals surface area contributed by atoms with E-state index in [1.54, 1.807) is 19.1 Å². The van der Waals surface area contributed by atoms with Gasteiger partial charge in [0, 0.05) is 13.1 Å². The largest absolute Gasteiger partial charge is 0.492 e. The maximum Gasteiger partial charge on any atom is 0.262 e. The van der Waals surface area contributed by atoms with Crippen LogP contribution < -0.4 is 9.46 Å². The second kappa shape index (κ2) is 9.56. The maximum atomic E-state index is 13.0. The SMILES string of the molecule is CCOc1ccc(S(=O)(=O)N2CCOCC2)cc1NS(=O)(=O)c1ccc(C(C)C)cc1. The van der Waals surface area contributed by atoms with Crippen LogP contribution in [0.4, 0.5) is 5.69 Å². The molecule has 8 nitrogen and oxygen atoms in total. The summed E-state index contributed by atoms with van der Waals surface area (Å²) in [6.07, 6.45) is 0. The lowest BCUT2D eigenvalue weighted by Crippen LogP contribution is -2.40. The molecular formula is C21H28N2O6S2. The molecule has 170 valence electrons. The molecule has 0 bridgehead atoms. The molecule has 2 aromatic carbocycles. The van der Waals surface area contributed by atoms with Gasteiger partial charge in [-0.25, -0.2) is 16.8 Å². The maximum absolute atomic E-state index is 13.0. The summed E-state index contributed by atoms with van der Waals surface area (Å²) in [7, 11) is -7.73. The highest BCUT2D eigenvalue weighted by Crippen LogP contribution is 2.31. The lowest BCUT2D eigenvalue weighted by atomic mass is 10.0. The number of morpholine rings is 1. The zero-order chi connectivity index (χ0) is 22.6. The molecule has 0 atom stereocenters. The standard InChI is InChI=1S/C21H28N2O6S2/c1-4-29-21-10-9-19(31(26,27)23-11-13-28-14-12-23)15-20(21)22-30(24,25)18-7-5-17(6-8-18)16(2)3/h5-10,15-16,22H,4,11-14H2,1-3H3. The highest BCUT2D eigenvalue weighted by atomic mass is 32.2. The van der Waals surface area contributed by atoms with Gasteiger partial charge in [0.25, 0.3) is 10.0 Å². The summed E-state index contributed by atoms with van der Waals surface area (Å²) >= 11 is 0. The number of benzene rings is 2. The molecule has 31 heavy (non-hydrogen) atoms. The van der Waals surface area contributed by atoms with E-state index in [2.05, 4.69) is 4.72 Å². The molecule has 0 unspecified atom stereocenters. The van der Waals surface area contributed by atoms with E-state index in [1.807, 2.05) is 13.8 Å². The Balaban J connectivity index is 1.95. The predicted octanol–water partition coefficient (Wildman–Crippen LogP) is 3.03. The van der Waals surface area contributed by atoms with E-state index < -0.39 is 20.0 Å². The van der Waals surface area contributed by atoms with Gasteiger partial charge in [0.15, 0.2) is 0 Å². The second-order valence-corrected chi connectivity index (χ2v) is 11.1. The monoisotopic (exact) mass is 468 g/mol. The van der Waals surface area contributed by atoms with Crippen molar-refractivity contribution in [1.29, 1.82) is 0 Å². The molecule has 1 aliphatic heterocycles. The average Bonchev–Trinajstić information content (AvgIpc) is 2.75. The second-order valence-electron chi connectivity index (χ2n) is 7.44. The van der Waals surface area contributed by atoms with Crippen molar-refractivity contribution in [2.45, 2.75) is 36.5 Å². The number of anilines is 1. The predicted molar refractivity (Wildman–Crippen MR) is 119 cm³/mol. The Labute approximate surface area is 184 Å². The van der Waals surface area contributed by atoms with E-state index in [1.165, 1.54) is 34.6 Å². The normalized spacial score (nSPS) is 15.7. The molecule has 0 radical (unpaired) electrons. The highest BCUT2D eigenvalue weighted by molar-refractivity contribution is 7.92. The third kappa shape index (κ3) is 5.38. The fourth-order valence-corrected chi connectivity index (χ4v) is 5.70. The van der Waals surface area contributed by atoms with Crippen LogP contribution in [0.3, 0.4) is 0 Å². The lowest BCUT2D eigenvalue weighted by molar-refractivity contribution is 0.0730. The van der Waals surface area contributed by atoms with Gasteiger partial charge >= 0.3 is 0 Å². The van der Waals surface area contributed by atoms with Crippen LogP contribution in [0.2, 0.25) is 0 Å². The van der Waals surface area contributed by atoms with Crippen LogP contribution in [0.1, 0.15) is 32.3 Å². The molecule has 1 saturated heterocycles. The Morgan fingerprint density at radius 3 is 2.19 bits per heavy atom. The number of rotatable bonds is 8. The van der Waals surface area contributed by atoms with Crippen molar-refractivity contribution < 1.29 is 26.3 Å². The summed E-state index contributed by atoms with van der Waals surface area (Å²) in [6.45, 7) is 7.25. The smallest absolute Gasteiger partial charge is 0.262 e. The fraction of sp³-hybridized carbons (Fsp3) is 0.429. The van der Waals surface area contributed by atoms with E-state index in [0.717, 1.165) is 5.56 Å². The van der Waals surface area contributed by atoms with Crippen molar-refractivity contribution in [2.75, 3.05) is 37.6 Å². The first-order chi connectivity index (χ1) is 14.6. The van der Waals surface area contributed by atoms with Crippen LogP contribution in [0.25, 0.3) is 0 Å². The van der Waals surface area contributed by atoms with Crippen LogP contribution >= 0.6 is 0 Å². The van der Waals surface area contributed by atoms with Gasteiger partial charge in [-0.05, 0) is 48.7 Å². The van der Waals surface area contributed by atoms with Gasteiger partial charge in [0.2, 0.25) is 10.0 Å². The van der Waals surface area contributed by atoms with Gasteiger partial charge in [-0.1, -0.05) is 26.0 Å². The first-order valence-electron chi connectivity index (χ1n) is 10.1. The fourth-order valence-electron chi connectivity index (χ4n) is 3.20. The third-order valence-corrected chi connectivity index (χ3v) is 8.24. The Kier molecular flexibility index (Phi) is 7.25. The minimum absolute atomic E-state index is 0.00860. The van der Waals surface area contributed by atoms with E-state index in [9.17, 15) is 16.8 Å². The van der Waals surface area contributed by atoms with Gasteiger partial charge < -0.3 is 9.47 Å². The van der Waals surface area contributed by atoms with Crippen LogP contribution in [-0.4, -0.2) is 54.1 Å². The van der Waals surface area contributed by atoms with Gasteiger partial charge in [0.1, 0.15) is 5.75 Å². The molecule has 0 aromatic heterocycles. The van der Waals surface area contributed by atoms with Crippen LogP contribution in [0, 0.1) is 0 Å². The molecule has 1 aliphatic rings. The Morgan fingerprint density at radius 1 is 1.00 bits per heavy atom. The van der Waals surface area contributed by atoms with Crippen molar-refractivity contribution in [3.63, 3.8) is 0 Å². The van der Waals surface area contributed by atoms with Crippen molar-refractivity contribution in [3.8, 4) is 5.75 Å². The quantitative estimate of drug-likeness (QED) is 0.639. The lowest BCUT2D eigenvalue weighted by Gasteiger charge is -2.26. The first-order valence-corrected chi connectivity index (χ1v) is 13.0. The van der Waals surface area contributed by atoms with Crippen LogP contribution in [0.15, 0.2) is 52.3 Å². The first kappa shape index (κ1) is 23.5. The number of hydrogen-bond acceptors (Lipinski definition) is 6. The van der Waals surface area contributed by atoms with E-state index in [4.69, 9.17) is 9.47 Å². The van der Waals surface area contributed by atoms with E-state index >= 15 is 0 Å². The van der Waals surface area contributed by atoms with Crippen molar-refractivity contribution in [2.24, 2.45) is 0 Å². The number of ether oxygens (including phenoxy) is 2. The third-order valence-electron chi connectivity index (χ3n) is 4.96. The molecular weight excluding hydrogens is 440 g/mol. The number of nitrogens with zero attached hydrogens (tertiary/aromatic N) is 1.